The highest BCUT2D eigenvalue weighted by Crippen LogP contribution is 2.36. The molecule has 1 aliphatic rings. The number of allylic oxidation sites excluding steroid dienone is 1. The highest BCUT2D eigenvalue weighted by Gasteiger charge is 2.33. The second-order valence-electron chi connectivity index (χ2n) is 7.90. The fourth-order valence-corrected chi connectivity index (χ4v) is 3.93. The molecule has 34 heavy (non-hydrogen) atoms. The van der Waals surface area contributed by atoms with Gasteiger partial charge in [-0.15, -0.1) is 0 Å². The Morgan fingerprint density at radius 3 is 2.68 bits per heavy atom. The number of aromatic nitrogens is 3. The number of hydrogen-bond acceptors (Lipinski definition) is 5. The first-order valence-electron chi connectivity index (χ1n) is 10.8. The minimum atomic E-state index is -0.503. The zero-order valence-electron chi connectivity index (χ0n) is 18.4. The highest BCUT2D eigenvalue weighted by molar-refractivity contribution is 6.06. The molecule has 5 rings (SSSR count). The summed E-state index contributed by atoms with van der Waals surface area (Å²) in [5.41, 5.74) is 3.59. The number of ether oxygens (including phenoxy) is 1. The van der Waals surface area contributed by atoms with Gasteiger partial charge >= 0.3 is 0 Å². The Balaban J connectivity index is 1.45. The molecule has 0 fully saturated rings. The van der Waals surface area contributed by atoms with Crippen LogP contribution >= 0.6 is 0 Å². The molecule has 0 saturated carbocycles. The smallest absolute Gasteiger partial charge is 0.255 e. The molecule has 0 saturated heterocycles. The molecule has 170 valence electrons. The fourth-order valence-electron chi connectivity index (χ4n) is 3.93. The Morgan fingerprint density at radius 1 is 1.09 bits per heavy atom. The number of carbonyl (C=O) groups is 1. The summed E-state index contributed by atoms with van der Waals surface area (Å²) in [5.74, 6) is 0.655. The number of amides is 1. The SMILES string of the molecule is CC1=C(C(=O)Nc2ccccc2)[C@H](c2cccc(OCc3ccc(F)cc3)c2)n2ncnc2N1. The molecule has 0 unspecified atom stereocenters. The van der Waals surface area contributed by atoms with E-state index in [0.29, 0.717) is 35.3 Å². The largest absolute Gasteiger partial charge is 0.489 e. The molecule has 7 nitrogen and oxygen atoms in total. The van der Waals surface area contributed by atoms with Gasteiger partial charge in [-0.2, -0.15) is 10.1 Å². The van der Waals surface area contributed by atoms with Crippen molar-refractivity contribution in [3.05, 3.63) is 113 Å². The average Bonchev–Trinajstić information content (AvgIpc) is 3.31. The molecule has 0 aliphatic carbocycles. The van der Waals surface area contributed by atoms with Gasteiger partial charge in [-0.3, -0.25) is 4.79 Å². The van der Waals surface area contributed by atoms with Gasteiger partial charge in [0, 0.05) is 11.4 Å². The standard InChI is InChI=1S/C26H22FN5O2/c1-17-23(25(33)31-21-7-3-2-4-8-21)24(32-26(30-17)28-16-29-32)19-6-5-9-22(14-19)34-15-18-10-12-20(27)13-11-18/h2-14,16,24H,15H2,1H3,(H,31,33)(H,28,29,30)/t24-/m0/s1. The first-order chi connectivity index (χ1) is 16.6. The van der Waals surface area contributed by atoms with Crippen LogP contribution in [0, 0.1) is 5.82 Å². The fraction of sp³-hybridized carbons (Fsp3) is 0.115. The second kappa shape index (κ2) is 9.19. The molecule has 2 heterocycles. The number of nitrogens with one attached hydrogen (secondary N) is 2. The van der Waals surface area contributed by atoms with Crippen LogP contribution in [-0.4, -0.2) is 20.7 Å². The number of hydrogen-bond donors (Lipinski definition) is 2. The second-order valence-corrected chi connectivity index (χ2v) is 7.90. The number of anilines is 2. The summed E-state index contributed by atoms with van der Waals surface area (Å²) >= 11 is 0. The molecule has 4 aromatic rings. The van der Waals surface area contributed by atoms with Gasteiger partial charge in [0.25, 0.3) is 5.91 Å². The van der Waals surface area contributed by atoms with Gasteiger partial charge in [0.2, 0.25) is 5.95 Å². The third kappa shape index (κ3) is 4.38. The summed E-state index contributed by atoms with van der Waals surface area (Å²) in [6.45, 7) is 2.14. The lowest BCUT2D eigenvalue weighted by Crippen LogP contribution is -2.31. The van der Waals surface area contributed by atoms with E-state index < -0.39 is 6.04 Å². The molecule has 1 aromatic heterocycles. The molecular formula is C26H22FN5O2. The van der Waals surface area contributed by atoms with E-state index >= 15 is 0 Å². The van der Waals surface area contributed by atoms with Crippen molar-refractivity contribution in [1.82, 2.24) is 14.8 Å². The van der Waals surface area contributed by atoms with Gasteiger partial charge in [0.05, 0.1) is 5.57 Å². The zero-order valence-corrected chi connectivity index (χ0v) is 18.4. The van der Waals surface area contributed by atoms with E-state index in [-0.39, 0.29) is 11.7 Å². The summed E-state index contributed by atoms with van der Waals surface area (Å²) in [5, 5.41) is 10.5. The predicted molar refractivity (Wildman–Crippen MR) is 127 cm³/mol. The first-order valence-corrected chi connectivity index (χ1v) is 10.8. The minimum Gasteiger partial charge on any atom is -0.489 e. The lowest BCUT2D eigenvalue weighted by Gasteiger charge is -2.29. The van der Waals surface area contributed by atoms with Crippen molar-refractivity contribution in [2.24, 2.45) is 0 Å². The van der Waals surface area contributed by atoms with Crippen LogP contribution in [0.1, 0.15) is 24.1 Å². The summed E-state index contributed by atoms with van der Waals surface area (Å²) in [7, 11) is 0. The first kappa shape index (κ1) is 21.4. The maximum Gasteiger partial charge on any atom is 0.255 e. The van der Waals surface area contributed by atoms with Crippen LogP contribution in [0.15, 0.2) is 96.5 Å². The van der Waals surface area contributed by atoms with Gasteiger partial charge < -0.3 is 15.4 Å². The Hall–Kier alpha value is -4.46. The van der Waals surface area contributed by atoms with Gasteiger partial charge in [-0.05, 0) is 54.4 Å². The molecule has 0 spiro atoms. The van der Waals surface area contributed by atoms with E-state index in [1.54, 1.807) is 16.8 Å². The van der Waals surface area contributed by atoms with Gasteiger partial charge in [-0.25, -0.2) is 9.07 Å². The number of para-hydroxylation sites is 1. The van der Waals surface area contributed by atoms with Crippen molar-refractivity contribution >= 4 is 17.5 Å². The van der Waals surface area contributed by atoms with Crippen LogP contribution in [0.5, 0.6) is 5.75 Å². The molecule has 8 heteroatoms. The number of fused-ring (bicyclic) bond motifs is 1. The van der Waals surface area contributed by atoms with Gasteiger partial charge in [0.1, 0.15) is 30.5 Å². The maximum absolute atomic E-state index is 13.4. The number of benzene rings is 3. The van der Waals surface area contributed by atoms with Crippen molar-refractivity contribution in [2.45, 2.75) is 19.6 Å². The molecule has 2 N–H and O–H groups in total. The van der Waals surface area contributed by atoms with Gasteiger partial charge in [-0.1, -0.05) is 42.5 Å². The third-order valence-corrected chi connectivity index (χ3v) is 5.56. The third-order valence-electron chi connectivity index (χ3n) is 5.56. The van der Waals surface area contributed by atoms with Crippen LogP contribution in [0.3, 0.4) is 0 Å². The Morgan fingerprint density at radius 2 is 1.88 bits per heavy atom. The predicted octanol–water partition coefficient (Wildman–Crippen LogP) is 4.92. The monoisotopic (exact) mass is 455 g/mol. The molecule has 0 radical (unpaired) electrons. The maximum atomic E-state index is 13.4. The van der Waals surface area contributed by atoms with E-state index in [2.05, 4.69) is 20.7 Å². The van der Waals surface area contributed by atoms with Crippen LogP contribution < -0.4 is 15.4 Å². The summed E-state index contributed by atoms with van der Waals surface area (Å²) in [4.78, 5) is 17.7. The number of nitrogens with zero attached hydrogens (tertiary/aromatic N) is 3. The van der Waals surface area contributed by atoms with Crippen LogP contribution in [0.4, 0.5) is 16.0 Å². The lowest BCUT2D eigenvalue weighted by molar-refractivity contribution is -0.113. The van der Waals surface area contributed by atoms with Crippen molar-refractivity contribution in [3.63, 3.8) is 0 Å². The van der Waals surface area contributed by atoms with E-state index in [1.807, 2.05) is 61.5 Å². The number of rotatable bonds is 6. The van der Waals surface area contributed by atoms with E-state index in [0.717, 1.165) is 11.1 Å². The highest BCUT2D eigenvalue weighted by atomic mass is 19.1. The number of halogens is 1. The zero-order chi connectivity index (χ0) is 23.5. The van der Waals surface area contributed by atoms with E-state index in [9.17, 15) is 9.18 Å². The summed E-state index contributed by atoms with van der Waals surface area (Å²) in [6.07, 6.45) is 1.45. The molecule has 1 amide bonds. The molecule has 0 bridgehead atoms. The Labute approximate surface area is 195 Å². The van der Waals surface area contributed by atoms with Crippen molar-refractivity contribution in [2.75, 3.05) is 10.6 Å². The van der Waals surface area contributed by atoms with Crippen LogP contribution in [0.25, 0.3) is 0 Å². The van der Waals surface area contributed by atoms with E-state index in [4.69, 9.17) is 4.74 Å². The summed E-state index contributed by atoms with van der Waals surface area (Å²) < 4.78 is 20.8. The van der Waals surface area contributed by atoms with Crippen molar-refractivity contribution in [1.29, 1.82) is 0 Å². The number of carbonyl (C=O) groups excluding carboxylic acids is 1. The quantitative estimate of drug-likeness (QED) is 0.431. The molecule has 1 atom stereocenters. The lowest BCUT2D eigenvalue weighted by atomic mass is 9.95. The van der Waals surface area contributed by atoms with Crippen LogP contribution in [-0.2, 0) is 11.4 Å². The Bertz CT molecular complexity index is 1350. The average molecular weight is 455 g/mol. The summed E-state index contributed by atoms with van der Waals surface area (Å²) in [6, 6.07) is 22.5. The van der Waals surface area contributed by atoms with Gasteiger partial charge in [0.15, 0.2) is 0 Å². The normalized spacial score (nSPS) is 14.8. The van der Waals surface area contributed by atoms with E-state index in [1.165, 1.54) is 18.5 Å². The van der Waals surface area contributed by atoms with Crippen molar-refractivity contribution in [3.8, 4) is 5.75 Å². The van der Waals surface area contributed by atoms with Crippen LogP contribution in [0.2, 0.25) is 0 Å². The molecule has 1 aliphatic heterocycles. The minimum absolute atomic E-state index is 0.236. The van der Waals surface area contributed by atoms with Crippen molar-refractivity contribution < 1.29 is 13.9 Å². The molecule has 3 aromatic carbocycles. The topological polar surface area (TPSA) is 81.1 Å². The molecular weight excluding hydrogens is 433 g/mol. The Kier molecular flexibility index (Phi) is 5.78.